The molecule has 0 spiro atoms. The number of ether oxygens (including phenoxy) is 1. The number of rotatable bonds is 6. The molecular weight excluding hydrogens is 262 g/mol. The van der Waals surface area contributed by atoms with E-state index in [-0.39, 0.29) is 0 Å². The highest BCUT2D eigenvalue weighted by atomic mass is 16.5. The number of guanidine groups is 1. The van der Waals surface area contributed by atoms with E-state index < -0.39 is 0 Å². The molecule has 1 aliphatic heterocycles. The van der Waals surface area contributed by atoms with Crippen LogP contribution < -0.4 is 10.6 Å². The second-order valence-electron chi connectivity index (χ2n) is 5.62. The van der Waals surface area contributed by atoms with Crippen molar-refractivity contribution in [2.45, 2.75) is 38.2 Å². The Balaban J connectivity index is 1.66. The van der Waals surface area contributed by atoms with Crippen molar-refractivity contribution < 1.29 is 4.74 Å². The number of benzene rings is 1. The number of aliphatic imine (C=N–C) groups is 1. The Kier molecular flexibility index (Phi) is 6.54. The van der Waals surface area contributed by atoms with Crippen LogP contribution in [0.2, 0.25) is 0 Å². The van der Waals surface area contributed by atoms with Gasteiger partial charge in [0.15, 0.2) is 5.96 Å². The highest BCUT2D eigenvalue weighted by Crippen LogP contribution is 2.17. The van der Waals surface area contributed by atoms with Gasteiger partial charge in [-0.25, -0.2) is 0 Å². The summed E-state index contributed by atoms with van der Waals surface area (Å²) >= 11 is 0. The second kappa shape index (κ2) is 8.67. The molecular formula is C17H27N3O. The van der Waals surface area contributed by atoms with E-state index in [4.69, 9.17) is 4.74 Å². The van der Waals surface area contributed by atoms with E-state index in [1.54, 1.807) is 0 Å². The van der Waals surface area contributed by atoms with Gasteiger partial charge in [0.25, 0.3) is 0 Å². The molecule has 21 heavy (non-hydrogen) atoms. The lowest BCUT2D eigenvalue weighted by atomic mass is 9.98. The number of nitrogens with one attached hydrogen (secondary N) is 2. The topological polar surface area (TPSA) is 45.7 Å². The molecule has 2 unspecified atom stereocenters. The largest absolute Gasteiger partial charge is 0.376 e. The van der Waals surface area contributed by atoms with Gasteiger partial charge in [-0.1, -0.05) is 37.3 Å². The zero-order valence-electron chi connectivity index (χ0n) is 13.1. The van der Waals surface area contributed by atoms with E-state index in [9.17, 15) is 0 Å². The summed E-state index contributed by atoms with van der Waals surface area (Å²) in [4.78, 5) is 4.26. The van der Waals surface area contributed by atoms with Gasteiger partial charge < -0.3 is 15.4 Å². The molecule has 0 amide bonds. The molecule has 4 heteroatoms. The normalized spacial score (nSPS) is 20.3. The minimum atomic E-state index is 0.340. The van der Waals surface area contributed by atoms with Crippen LogP contribution in [0.1, 0.15) is 37.7 Å². The molecule has 1 aromatic carbocycles. The van der Waals surface area contributed by atoms with E-state index >= 15 is 0 Å². The van der Waals surface area contributed by atoms with E-state index in [0.717, 1.165) is 38.5 Å². The fourth-order valence-electron chi connectivity index (χ4n) is 2.59. The van der Waals surface area contributed by atoms with E-state index in [0.29, 0.717) is 12.0 Å². The molecule has 116 valence electrons. The smallest absolute Gasteiger partial charge is 0.191 e. The maximum atomic E-state index is 5.60. The molecule has 0 aromatic heterocycles. The van der Waals surface area contributed by atoms with E-state index in [1.165, 1.54) is 12.0 Å². The molecule has 1 aromatic rings. The quantitative estimate of drug-likeness (QED) is 0.625. The zero-order valence-corrected chi connectivity index (χ0v) is 13.1. The third kappa shape index (κ3) is 5.38. The zero-order chi connectivity index (χ0) is 14.9. The molecule has 2 N–H and O–H groups in total. The summed E-state index contributed by atoms with van der Waals surface area (Å²) in [6.45, 7) is 4.92. The van der Waals surface area contributed by atoms with Crippen LogP contribution in [0.25, 0.3) is 0 Å². The van der Waals surface area contributed by atoms with E-state index in [2.05, 4.69) is 52.9 Å². The predicted octanol–water partition coefficient (Wildman–Crippen LogP) is 2.52. The molecule has 4 nitrogen and oxygen atoms in total. The van der Waals surface area contributed by atoms with Crippen molar-refractivity contribution in [3.8, 4) is 0 Å². The standard InChI is InChI=1S/C17H27N3O/c1-14(15-7-4-3-5-8-15)10-11-19-17(18-2)20-13-16-9-6-12-21-16/h3-5,7-8,14,16H,6,9-13H2,1-2H3,(H2,18,19,20). The van der Waals surface area contributed by atoms with Crippen LogP contribution in [0.5, 0.6) is 0 Å². The van der Waals surface area contributed by atoms with Crippen LogP contribution in [-0.4, -0.2) is 38.8 Å². The lowest BCUT2D eigenvalue weighted by Gasteiger charge is -2.16. The van der Waals surface area contributed by atoms with Crippen molar-refractivity contribution >= 4 is 5.96 Å². The third-order valence-electron chi connectivity index (χ3n) is 3.98. The maximum Gasteiger partial charge on any atom is 0.191 e. The van der Waals surface area contributed by atoms with E-state index in [1.807, 2.05) is 7.05 Å². The molecule has 1 heterocycles. The van der Waals surface area contributed by atoms with Gasteiger partial charge in [0.05, 0.1) is 6.10 Å². The van der Waals surface area contributed by atoms with Gasteiger partial charge in [0.2, 0.25) is 0 Å². The molecule has 0 aliphatic carbocycles. The van der Waals surface area contributed by atoms with Gasteiger partial charge >= 0.3 is 0 Å². The summed E-state index contributed by atoms with van der Waals surface area (Å²) in [6.07, 6.45) is 3.75. The van der Waals surface area contributed by atoms with Crippen molar-refractivity contribution in [3.63, 3.8) is 0 Å². The Bertz CT molecular complexity index is 427. The fourth-order valence-corrected chi connectivity index (χ4v) is 2.59. The van der Waals surface area contributed by atoms with Crippen LogP contribution in [-0.2, 0) is 4.74 Å². The molecule has 1 fully saturated rings. The minimum Gasteiger partial charge on any atom is -0.376 e. The van der Waals surface area contributed by atoms with Gasteiger partial charge in [-0.3, -0.25) is 4.99 Å². The summed E-state index contributed by atoms with van der Waals surface area (Å²) in [7, 11) is 1.81. The van der Waals surface area contributed by atoms with Gasteiger partial charge in [0, 0.05) is 26.7 Å². The molecule has 0 saturated carbocycles. The third-order valence-corrected chi connectivity index (χ3v) is 3.98. The molecule has 2 rings (SSSR count). The Morgan fingerprint density at radius 2 is 2.14 bits per heavy atom. The molecule has 2 atom stereocenters. The maximum absolute atomic E-state index is 5.60. The lowest BCUT2D eigenvalue weighted by Crippen LogP contribution is -2.41. The van der Waals surface area contributed by atoms with Gasteiger partial charge in [-0.2, -0.15) is 0 Å². The van der Waals surface area contributed by atoms with Crippen LogP contribution >= 0.6 is 0 Å². The minimum absolute atomic E-state index is 0.340. The van der Waals surface area contributed by atoms with Crippen molar-refractivity contribution in [2.24, 2.45) is 4.99 Å². The summed E-state index contributed by atoms with van der Waals surface area (Å²) in [5.41, 5.74) is 1.39. The van der Waals surface area contributed by atoms with Crippen LogP contribution in [0.3, 0.4) is 0 Å². The highest BCUT2D eigenvalue weighted by molar-refractivity contribution is 5.79. The predicted molar refractivity (Wildman–Crippen MR) is 87.8 cm³/mol. The Labute approximate surface area is 128 Å². The molecule has 1 saturated heterocycles. The average molecular weight is 289 g/mol. The van der Waals surface area contributed by atoms with Gasteiger partial charge in [-0.15, -0.1) is 0 Å². The monoisotopic (exact) mass is 289 g/mol. The SMILES string of the molecule is CN=C(NCCC(C)c1ccccc1)NCC1CCCO1. The first-order valence-corrected chi connectivity index (χ1v) is 7.90. The van der Waals surface area contributed by atoms with Crippen molar-refractivity contribution in [2.75, 3.05) is 26.7 Å². The first-order chi connectivity index (χ1) is 10.3. The Morgan fingerprint density at radius 1 is 1.33 bits per heavy atom. The average Bonchev–Trinajstić information content (AvgIpc) is 3.04. The Hall–Kier alpha value is -1.55. The fraction of sp³-hybridized carbons (Fsp3) is 0.588. The molecule has 1 aliphatic rings. The first kappa shape index (κ1) is 15.8. The summed E-state index contributed by atoms with van der Waals surface area (Å²) < 4.78 is 5.60. The van der Waals surface area contributed by atoms with Crippen molar-refractivity contribution in [1.29, 1.82) is 0 Å². The lowest BCUT2D eigenvalue weighted by molar-refractivity contribution is 0.114. The van der Waals surface area contributed by atoms with Gasteiger partial charge in [0.1, 0.15) is 0 Å². The number of hydrogen-bond acceptors (Lipinski definition) is 2. The van der Waals surface area contributed by atoms with Crippen LogP contribution in [0.15, 0.2) is 35.3 Å². The second-order valence-corrected chi connectivity index (χ2v) is 5.62. The van der Waals surface area contributed by atoms with Crippen molar-refractivity contribution in [1.82, 2.24) is 10.6 Å². The summed E-state index contributed by atoms with van der Waals surface area (Å²) in [6, 6.07) is 10.6. The Morgan fingerprint density at radius 3 is 2.81 bits per heavy atom. The van der Waals surface area contributed by atoms with Crippen LogP contribution in [0.4, 0.5) is 0 Å². The summed E-state index contributed by atoms with van der Waals surface area (Å²) in [5.74, 6) is 1.42. The number of nitrogens with zero attached hydrogens (tertiary/aromatic N) is 1. The molecule has 0 radical (unpaired) electrons. The van der Waals surface area contributed by atoms with Crippen molar-refractivity contribution in [3.05, 3.63) is 35.9 Å². The number of hydrogen-bond donors (Lipinski definition) is 2. The molecule has 0 bridgehead atoms. The highest BCUT2D eigenvalue weighted by Gasteiger charge is 2.15. The first-order valence-electron chi connectivity index (χ1n) is 7.90. The van der Waals surface area contributed by atoms with Crippen LogP contribution in [0, 0.1) is 0 Å². The summed E-state index contributed by atoms with van der Waals surface area (Å²) in [5, 5.41) is 6.72. The van der Waals surface area contributed by atoms with Gasteiger partial charge in [-0.05, 0) is 30.7 Å².